The molecule has 44 heavy (non-hydrogen) atoms. The lowest BCUT2D eigenvalue weighted by Crippen LogP contribution is -2.29. The van der Waals surface area contributed by atoms with Crippen molar-refractivity contribution in [2.24, 2.45) is 0 Å². The van der Waals surface area contributed by atoms with E-state index in [4.69, 9.17) is 4.74 Å². The molecule has 4 aromatic carbocycles. The number of phenols is 1. The lowest BCUT2D eigenvalue weighted by atomic mass is 9.94. The molecule has 6 rings (SSSR count). The van der Waals surface area contributed by atoms with Crippen molar-refractivity contribution in [2.45, 2.75) is 23.1 Å². The van der Waals surface area contributed by atoms with Crippen LogP contribution < -0.4 is 9.64 Å². The number of phenolic OH excluding ortho intramolecular Hbond substituents is 1. The molecule has 1 aromatic heterocycles. The number of aliphatic hydroxyl groups is 1. The summed E-state index contributed by atoms with van der Waals surface area (Å²) in [7, 11) is 1.36. The highest BCUT2D eigenvalue weighted by Crippen LogP contribution is 2.47. The molecule has 1 amide bonds. The Hall–Kier alpha value is -4.26. The Bertz CT molecular complexity index is 1990. The molecule has 2 heterocycles. The molecule has 1 unspecified atom stereocenters. The smallest absolute Gasteiger partial charge is 0.301 e. The van der Waals surface area contributed by atoms with E-state index in [9.17, 15) is 24.2 Å². The molecule has 0 radical (unpaired) electrons. The van der Waals surface area contributed by atoms with E-state index >= 15 is 0 Å². The SMILES string of the molecule is COc1cc(C2/C(=C(\O)c3ccc(C)c(F)c3)C(=O)C(=O)N2c2nnc(SCc3cccc4ccccc34)s2)cc(Br)c1O. The van der Waals surface area contributed by atoms with E-state index in [0.29, 0.717) is 21.2 Å². The van der Waals surface area contributed by atoms with Crippen LogP contribution in [0.15, 0.2) is 87.2 Å². The Kier molecular flexibility index (Phi) is 8.14. The molecule has 1 fully saturated rings. The average molecular weight is 693 g/mol. The summed E-state index contributed by atoms with van der Waals surface area (Å²) in [6.07, 6.45) is 0. The van der Waals surface area contributed by atoms with Gasteiger partial charge in [0.2, 0.25) is 5.13 Å². The molecule has 1 atom stereocenters. The highest BCUT2D eigenvalue weighted by atomic mass is 79.9. The molecule has 1 aliphatic rings. The molecule has 12 heteroatoms. The van der Waals surface area contributed by atoms with E-state index in [1.807, 2.05) is 36.4 Å². The Morgan fingerprint density at radius 1 is 1.09 bits per heavy atom. The Balaban J connectivity index is 1.42. The van der Waals surface area contributed by atoms with Gasteiger partial charge in [-0.1, -0.05) is 77.7 Å². The fourth-order valence-corrected chi connectivity index (χ4v) is 7.40. The van der Waals surface area contributed by atoms with Crippen molar-refractivity contribution < 1.29 is 28.9 Å². The number of ether oxygens (including phenoxy) is 1. The van der Waals surface area contributed by atoms with Crippen molar-refractivity contribution in [2.75, 3.05) is 12.0 Å². The molecule has 8 nitrogen and oxygen atoms in total. The number of aromatic hydroxyl groups is 1. The molecular formula is C32H23BrFN3O5S2. The first-order valence-electron chi connectivity index (χ1n) is 13.2. The quantitative estimate of drug-likeness (QED) is 0.0592. The van der Waals surface area contributed by atoms with Crippen LogP contribution in [0.3, 0.4) is 0 Å². The maximum absolute atomic E-state index is 14.5. The zero-order valence-corrected chi connectivity index (χ0v) is 26.5. The van der Waals surface area contributed by atoms with Gasteiger partial charge in [0.25, 0.3) is 5.78 Å². The Labute approximate surface area is 267 Å². The minimum atomic E-state index is -1.19. The number of nitrogens with zero attached hydrogens (tertiary/aromatic N) is 3. The highest BCUT2D eigenvalue weighted by molar-refractivity contribution is 9.10. The normalized spacial score (nSPS) is 16.2. The third-order valence-electron chi connectivity index (χ3n) is 7.31. The van der Waals surface area contributed by atoms with Gasteiger partial charge in [-0.25, -0.2) is 4.39 Å². The minimum absolute atomic E-state index is 0.0319. The van der Waals surface area contributed by atoms with Crippen LogP contribution >= 0.6 is 39.0 Å². The number of anilines is 1. The summed E-state index contributed by atoms with van der Waals surface area (Å²) in [6, 6.07) is 20.0. The topological polar surface area (TPSA) is 113 Å². The number of ketones is 1. The monoisotopic (exact) mass is 691 g/mol. The molecule has 0 aliphatic carbocycles. The van der Waals surface area contributed by atoms with Gasteiger partial charge in [-0.05, 0) is 68.5 Å². The number of carbonyl (C=O) groups is 2. The summed E-state index contributed by atoms with van der Waals surface area (Å²) in [6.45, 7) is 1.57. The van der Waals surface area contributed by atoms with Gasteiger partial charge >= 0.3 is 5.91 Å². The van der Waals surface area contributed by atoms with Crippen molar-refractivity contribution >= 4 is 72.4 Å². The lowest BCUT2D eigenvalue weighted by Gasteiger charge is -2.23. The molecule has 2 N–H and O–H groups in total. The second-order valence-corrected chi connectivity index (χ2v) is 13.0. The van der Waals surface area contributed by atoms with Crippen molar-refractivity contribution in [3.63, 3.8) is 0 Å². The predicted octanol–water partition coefficient (Wildman–Crippen LogP) is 7.53. The zero-order chi connectivity index (χ0) is 31.1. The fourth-order valence-electron chi connectivity index (χ4n) is 5.06. The van der Waals surface area contributed by atoms with Crippen LogP contribution in [-0.4, -0.2) is 39.2 Å². The third kappa shape index (κ3) is 5.33. The zero-order valence-electron chi connectivity index (χ0n) is 23.2. The number of methoxy groups -OCH3 is 1. The molecule has 0 bridgehead atoms. The summed E-state index contributed by atoms with van der Waals surface area (Å²) in [5.74, 6) is -2.55. The van der Waals surface area contributed by atoms with Gasteiger partial charge in [-0.2, -0.15) is 0 Å². The van der Waals surface area contributed by atoms with E-state index in [0.717, 1.165) is 38.6 Å². The number of benzene rings is 4. The summed E-state index contributed by atoms with van der Waals surface area (Å²) >= 11 is 5.87. The summed E-state index contributed by atoms with van der Waals surface area (Å²) < 4.78 is 20.6. The molecular weight excluding hydrogens is 669 g/mol. The van der Waals surface area contributed by atoms with Gasteiger partial charge in [0.05, 0.1) is 23.2 Å². The van der Waals surface area contributed by atoms with Gasteiger partial charge in [0, 0.05) is 11.3 Å². The van der Waals surface area contributed by atoms with E-state index in [1.165, 1.54) is 43.1 Å². The molecule has 222 valence electrons. The number of aromatic nitrogens is 2. The predicted molar refractivity (Wildman–Crippen MR) is 172 cm³/mol. The standard InChI is InChI=1S/C32H23BrFN3O5S2/c1-16-10-11-18(13-23(16)34)27(38)25-26(20-12-22(33)28(39)24(14-20)42-2)37(30(41)29(25)40)31-35-36-32(44-31)43-15-19-8-5-7-17-6-3-4-9-21(17)19/h3-14,26,38-39H,15H2,1-2H3/b27-25+. The number of thioether (sulfide) groups is 1. The molecule has 0 spiro atoms. The Morgan fingerprint density at radius 2 is 1.86 bits per heavy atom. The fraction of sp³-hybridized carbons (Fsp3) is 0.125. The first-order valence-corrected chi connectivity index (χ1v) is 15.8. The molecule has 1 saturated heterocycles. The number of aliphatic hydroxyl groups excluding tert-OH is 1. The Morgan fingerprint density at radius 3 is 2.64 bits per heavy atom. The van der Waals surface area contributed by atoms with Gasteiger partial charge in [-0.3, -0.25) is 14.5 Å². The third-order valence-corrected chi connectivity index (χ3v) is 10.0. The van der Waals surface area contributed by atoms with E-state index in [-0.39, 0.29) is 32.2 Å². The summed E-state index contributed by atoms with van der Waals surface area (Å²) in [5.41, 5.74) is 1.56. The highest BCUT2D eigenvalue weighted by Gasteiger charge is 2.48. The van der Waals surface area contributed by atoms with Crippen molar-refractivity contribution in [1.82, 2.24) is 10.2 Å². The van der Waals surface area contributed by atoms with Crippen molar-refractivity contribution in [3.8, 4) is 11.5 Å². The second kappa shape index (κ2) is 12.0. The van der Waals surface area contributed by atoms with Crippen LogP contribution in [-0.2, 0) is 15.3 Å². The van der Waals surface area contributed by atoms with E-state index in [1.54, 1.807) is 6.92 Å². The van der Waals surface area contributed by atoms with Crippen molar-refractivity contribution in [3.05, 3.63) is 111 Å². The van der Waals surface area contributed by atoms with Crippen LogP contribution in [0.1, 0.15) is 28.3 Å². The molecule has 0 saturated carbocycles. The number of fused-ring (bicyclic) bond motifs is 1. The van der Waals surface area contributed by atoms with Gasteiger partial charge in [0.15, 0.2) is 15.8 Å². The first kappa shape index (κ1) is 29.8. The first-order chi connectivity index (χ1) is 21.2. The molecule has 1 aliphatic heterocycles. The number of hydrogen-bond acceptors (Lipinski definition) is 9. The largest absolute Gasteiger partial charge is 0.507 e. The van der Waals surface area contributed by atoms with Crippen LogP contribution in [0.2, 0.25) is 0 Å². The number of carbonyl (C=O) groups excluding carboxylic acids is 2. The van der Waals surface area contributed by atoms with Gasteiger partial charge < -0.3 is 14.9 Å². The van der Waals surface area contributed by atoms with Crippen molar-refractivity contribution in [1.29, 1.82) is 0 Å². The number of rotatable bonds is 7. The average Bonchev–Trinajstić information content (AvgIpc) is 3.60. The number of aryl methyl sites for hydroxylation is 1. The van der Waals surface area contributed by atoms with E-state index < -0.39 is 29.3 Å². The van der Waals surface area contributed by atoms with Gasteiger partial charge in [-0.15, -0.1) is 10.2 Å². The van der Waals surface area contributed by atoms with Crippen LogP contribution in [0.5, 0.6) is 11.5 Å². The van der Waals surface area contributed by atoms with Gasteiger partial charge in [0.1, 0.15) is 11.6 Å². The summed E-state index contributed by atoms with van der Waals surface area (Å²) in [4.78, 5) is 28.3. The number of halogens is 2. The van der Waals surface area contributed by atoms with Crippen LogP contribution in [0.4, 0.5) is 9.52 Å². The summed E-state index contributed by atoms with van der Waals surface area (Å²) in [5, 5.41) is 32.7. The van der Waals surface area contributed by atoms with E-state index in [2.05, 4.69) is 32.2 Å². The second-order valence-electron chi connectivity index (χ2n) is 9.96. The van der Waals surface area contributed by atoms with Crippen LogP contribution in [0.25, 0.3) is 16.5 Å². The number of amides is 1. The number of Topliss-reactive ketones (excluding diaryl/α,β-unsaturated/α-hetero) is 1. The molecule has 5 aromatic rings. The maximum atomic E-state index is 14.5. The van der Waals surface area contributed by atoms with Crippen LogP contribution in [0, 0.1) is 12.7 Å². The number of hydrogen-bond donors (Lipinski definition) is 2. The lowest BCUT2D eigenvalue weighted by molar-refractivity contribution is -0.132. The maximum Gasteiger partial charge on any atom is 0.301 e. The minimum Gasteiger partial charge on any atom is -0.507 e.